The van der Waals surface area contributed by atoms with Crippen molar-refractivity contribution in [1.29, 1.82) is 0 Å². The number of allylic oxidation sites excluding steroid dienone is 2. The van der Waals surface area contributed by atoms with Gasteiger partial charge in [-0.05, 0) is 62.3 Å². The van der Waals surface area contributed by atoms with Crippen LogP contribution in [0.25, 0.3) is 0 Å². The number of nitrogens with zero attached hydrogens (tertiary/aromatic N) is 1. The fourth-order valence-electron chi connectivity index (χ4n) is 7.76. The van der Waals surface area contributed by atoms with Gasteiger partial charge in [0, 0.05) is 32.9 Å². The van der Waals surface area contributed by atoms with Crippen LogP contribution < -0.4 is 31.9 Å². The number of phenols is 1. The summed E-state index contributed by atoms with van der Waals surface area (Å²) in [5.74, 6) is -12.5. The summed E-state index contributed by atoms with van der Waals surface area (Å²) < 4.78 is 5.82. The standard InChI is InChI=1S/C52H71N7O13/c1-28(2)24-40-50(67)58-44(52(70)71)32(6)46(63)56-41(26-36-17-19-37(60)20-18-36)49(66)54-38(21-16-29(3)25-30(4)42(72-10)27-35-14-12-11-13-15-35)31(5)45(62)55-39(51(68)69)22-23-43(61)59(9)34(8)48(65)53-33(7)47(64)57-40/h11-21,25,28,30-33,38-42,44,60H,8,22-24,26-27H2,1-7,9-10H3,(H,53,65)(H,54,66)(H,55,62)(H,56,63)(H,57,64)(H,58,67)(H,68,69)(H,70,71)/b21-16+,29-25+/t30-,31-,32-,33+,38?,39?,40?,41?,42-,44+/m0/s1. The first-order valence-electron chi connectivity index (χ1n) is 23.8. The molecule has 392 valence electrons. The highest BCUT2D eigenvalue weighted by Gasteiger charge is 2.37. The average Bonchev–Trinajstić information content (AvgIpc) is 3.33. The molecule has 4 unspecified atom stereocenters. The van der Waals surface area contributed by atoms with Crippen LogP contribution in [0.15, 0.2) is 90.7 Å². The number of rotatable bonds is 13. The van der Waals surface area contributed by atoms with Gasteiger partial charge in [-0.1, -0.05) is 107 Å². The molecule has 1 aliphatic heterocycles. The summed E-state index contributed by atoms with van der Waals surface area (Å²) in [7, 11) is 2.82. The van der Waals surface area contributed by atoms with Crippen LogP contribution in [0.1, 0.15) is 78.9 Å². The van der Waals surface area contributed by atoms with Gasteiger partial charge in [0.05, 0.1) is 24.0 Å². The summed E-state index contributed by atoms with van der Waals surface area (Å²) in [6, 6.07) is 6.61. The zero-order valence-electron chi connectivity index (χ0n) is 42.4. The zero-order chi connectivity index (χ0) is 54.0. The average molecular weight is 1000 g/mol. The number of aliphatic carboxylic acids is 2. The number of methoxy groups -OCH3 is 1. The van der Waals surface area contributed by atoms with Crippen LogP contribution in [0.4, 0.5) is 0 Å². The van der Waals surface area contributed by atoms with Gasteiger partial charge in [-0.15, -0.1) is 0 Å². The Morgan fingerprint density at radius 2 is 1.36 bits per heavy atom. The van der Waals surface area contributed by atoms with Crippen LogP contribution in [0, 0.1) is 23.7 Å². The Kier molecular flexibility index (Phi) is 22.8. The Balaban J connectivity index is 2.15. The molecule has 0 aromatic heterocycles. The lowest BCUT2D eigenvalue weighted by Gasteiger charge is -2.29. The van der Waals surface area contributed by atoms with E-state index < -0.39 is 120 Å². The highest BCUT2D eigenvalue weighted by Crippen LogP contribution is 2.19. The second-order valence-electron chi connectivity index (χ2n) is 18.7. The maximum absolute atomic E-state index is 14.5. The quantitative estimate of drug-likeness (QED) is 0.103. The minimum atomic E-state index is -1.89. The highest BCUT2D eigenvalue weighted by atomic mass is 16.5. The summed E-state index contributed by atoms with van der Waals surface area (Å²) in [5.41, 5.74) is 1.81. The number of amides is 7. The highest BCUT2D eigenvalue weighted by molar-refractivity contribution is 6.00. The molecule has 0 radical (unpaired) electrons. The third-order valence-electron chi connectivity index (χ3n) is 12.4. The fourth-order valence-corrected chi connectivity index (χ4v) is 7.76. The van der Waals surface area contributed by atoms with Crippen molar-refractivity contribution < 1.29 is 63.2 Å². The summed E-state index contributed by atoms with van der Waals surface area (Å²) in [6.07, 6.45) is 4.40. The molecule has 2 aromatic carbocycles. The molecule has 0 saturated carbocycles. The third kappa shape index (κ3) is 18.1. The molecular formula is C52H71N7O13. The first kappa shape index (κ1) is 59.0. The monoisotopic (exact) mass is 1000 g/mol. The number of carboxylic acids is 2. The number of carbonyl (C=O) groups excluding carboxylic acids is 7. The Bertz CT molecular complexity index is 2340. The van der Waals surface area contributed by atoms with E-state index in [1.54, 1.807) is 34.0 Å². The molecule has 7 amide bonds. The van der Waals surface area contributed by atoms with Gasteiger partial charge in [0.1, 0.15) is 41.7 Å². The van der Waals surface area contributed by atoms with Gasteiger partial charge in [0.25, 0.3) is 5.91 Å². The zero-order valence-corrected chi connectivity index (χ0v) is 42.4. The van der Waals surface area contributed by atoms with E-state index in [4.69, 9.17) is 4.74 Å². The van der Waals surface area contributed by atoms with Gasteiger partial charge in [0.2, 0.25) is 35.4 Å². The Morgan fingerprint density at radius 3 is 1.94 bits per heavy atom. The van der Waals surface area contributed by atoms with E-state index in [1.807, 2.05) is 43.3 Å². The molecule has 9 N–H and O–H groups in total. The van der Waals surface area contributed by atoms with Crippen molar-refractivity contribution in [2.24, 2.45) is 23.7 Å². The number of hydrogen-bond acceptors (Lipinski definition) is 11. The van der Waals surface area contributed by atoms with Crippen LogP contribution in [-0.2, 0) is 60.7 Å². The van der Waals surface area contributed by atoms with Crippen molar-refractivity contribution in [2.45, 2.75) is 123 Å². The van der Waals surface area contributed by atoms with Gasteiger partial charge < -0.3 is 56.9 Å². The van der Waals surface area contributed by atoms with E-state index in [2.05, 4.69) is 38.5 Å². The van der Waals surface area contributed by atoms with Crippen molar-refractivity contribution in [3.05, 3.63) is 102 Å². The number of aromatic hydroxyl groups is 1. The van der Waals surface area contributed by atoms with E-state index in [1.165, 1.54) is 58.2 Å². The predicted octanol–water partition coefficient (Wildman–Crippen LogP) is 2.51. The van der Waals surface area contributed by atoms with Crippen LogP contribution >= 0.6 is 0 Å². The van der Waals surface area contributed by atoms with Gasteiger partial charge in [-0.25, -0.2) is 9.59 Å². The second kappa shape index (κ2) is 27.9. The topological polar surface area (TPSA) is 299 Å². The smallest absolute Gasteiger partial charge is 0.327 e. The number of benzene rings is 2. The molecule has 3 rings (SSSR count). The molecule has 72 heavy (non-hydrogen) atoms. The largest absolute Gasteiger partial charge is 0.508 e. The van der Waals surface area contributed by atoms with Crippen molar-refractivity contribution in [3.8, 4) is 5.75 Å². The van der Waals surface area contributed by atoms with E-state index in [-0.39, 0.29) is 36.5 Å². The maximum atomic E-state index is 14.5. The number of carboxylic acid groups (broad SMARTS) is 2. The van der Waals surface area contributed by atoms with Crippen LogP contribution in [0.5, 0.6) is 5.75 Å². The molecule has 0 bridgehead atoms. The predicted molar refractivity (Wildman–Crippen MR) is 266 cm³/mol. The Labute approximate surface area is 420 Å². The van der Waals surface area contributed by atoms with Crippen molar-refractivity contribution in [3.63, 3.8) is 0 Å². The molecule has 2 aromatic rings. The molecule has 1 heterocycles. The van der Waals surface area contributed by atoms with Gasteiger partial charge >= 0.3 is 11.9 Å². The molecular weight excluding hydrogens is 931 g/mol. The SMILES string of the molecule is C=C1C(=O)N[C@H](C)C(=O)NC(CC(C)C)C(=O)N[C@@H](C(=O)O)[C@H](C)C(=O)NC(Cc2ccc(O)cc2)C(=O)NC(/C=C/C(C)=C/[C@H](C)[C@H](Cc2ccccc2)OC)[C@H](C)C(=O)NC(C(=O)O)CCC(=O)N1C. The Hall–Kier alpha value is -7.35. The molecule has 10 atom stereocenters. The second-order valence-corrected chi connectivity index (χ2v) is 18.7. The molecule has 1 saturated heterocycles. The Morgan fingerprint density at radius 1 is 0.764 bits per heavy atom. The van der Waals surface area contributed by atoms with Gasteiger partial charge in [-0.3, -0.25) is 33.6 Å². The van der Waals surface area contributed by atoms with Crippen molar-refractivity contribution >= 4 is 53.3 Å². The summed E-state index contributed by atoms with van der Waals surface area (Å²) in [5, 5.41) is 45.6. The molecule has 0 aliphatic carbocycles. The number of likely N-dealkylation sites (N-methyl/N-ethyl adjacent to an activating group) is 1. The van der Waals surface area contributed by atoms with Crippen molar-refractivity contribution in [2.75, 3.05) is 14.2 Å². The van der Waals surface area contributed by atoms with E-state index in [0.29, 0.717) is 17.6 Å². The van der Waals surface area contributed by atoms with E-state index in [9.17, 15) is 58.5 Å². The molecule has 20 nitrogen and oxygen atoms in total. The number of ether oxygens (including phenoxy) is 1. The number of nitrogens with one attached hydrogen (secondary N) is 6. The lowest BCUT2D eigenvalue weighted by atomic mass is 9.94. The van der Waals surface area contributed by atoms with Crippen LogP contribution in [0.2, 0.25) is 0 Å². The first-order valence-corrected chi connectivity index (χ1v) is 23.8. The van der Waals surface area contributed by atoms with Gasteiger partial charge in [-0.2, -0.15) is 0 Å². The summed E-state index contributed by atoms with van der Waals surface area (Å²) in [4.78, 5) is 123. The minimum absolute atomic E-state index is 0.00296. The number of phenolic OH excluding ortho intramolecular Hbond substituents is 1. The minimum Gasteiger partial charge on any atom is -0.508 e. The lowest BCUT2D eigenvalue weighted by molar-refractivity contribution is -0.146. The van der Waals surface area contributed by atoms with Crippen LogP contribution in [-0.4, -0.2) is 130 Å². The molecule has 1 fully saturated rings. The third-order valence-corrected chi connectivity index (χ3v) is 12.4. The maximum Gasteiger partial charge on any atom is 0.327 e. The molecule has 0 spiro atoms. The van der Waals surface area contributed by atoms with Crippen LogP contribution in [0.3, 0.4) is 0 Å². The fraction of sp³-hybridized carbons (Fsp3) is 0.481. The number of carbonyl (C=O) groups is 9. The van der Waals surface area contributed by atoms with Crippen molar-refractivity contribution in [1.82, 2.24) is 36.8 Å². The summed E-state index contributed by atoms with van der Waals surface area (Å²) >= 11 is 0. The number of hydrogen-bond donors (Lipinski definition) is 9. The molecule has 20 heteroatoms. The summed E-state index contributed by atoms with van der Waals surface area (Å²) in [6.45, 7) is 14.9. The van der Waals surface area contributed by atoms with E-state index >= 15 is 0 Å². The first-order chi connectivity index (χ1) is 33.8. The lowest BCUT2D eigenvalue weighted by Crippen LogP contribution is -2.59. The van der Waals surface area contributed by atoms with E-state index in [0.717, 1.165) is 10.5 Å². The molecule has 1 aliphatic rings. The van der Waals surface area contributed by atoms with Gasteiger partial charge in [0.15, 0.2) is 0 Å². The normalized spacial score (nSPS) is 25.2.